The van der Waals surface area contributed by atoms with Crippen LogP contribution in [0.15, 0.2) is 0 Å². The van der Waals surface area contributed by atoms with E-state index in [0.717, 1.165) is 19.1 Å². The second-order valence-electron chi connectivity index (χ2n) is 5.31. The molecule has 0 spiro atoms. The maximum absolute atomic E-state index is 5.78. The minimum atomic E-state index is 0.416. The van der Waals surface area contributed by atoms with Crippen molar-refractivity contribution in [2.75, 3.05) is 13.2 Å². The third-order valence-corrected chi connectivity index (χ3v) is 2.73. The molecule has 16 heavy (non-hydrogen) atoms. The molecule has 2 unspecified atom stereocenters. The molecule has 0 radical (unpaired) electrons. The summed E-state index contributed by atoms with van der Waals surface area (Å²) in [5.74, 6) is 0.736. The van der Waals surface area contributed by atoms with Crippen molar-refractivity contribution in [1.82, 2.24) is 5.32 Å². The summed E-state index contributed by atoms with van der Waals surface area (Å²) in [4.78, 5) is 0. The van der Waals surface area contributed by atoms with Crippen molar-refractivity contribution >= 4 is 0 Å². The Morgan fingerprint density at radius 3 is 2.38 bits per heavy atom. The van der Waals surface area contributed by atoms with E-state index < -0.39 is 0 Å². The summed E-state index contributed by atoms with van der Waals surface area (Å²) in [6.07, 6.45) is 5.18. The van der Waals surface area contributed by atoms with E-state index in [0.29, 0.717) is 12.1 Å². The summed E-state index contributed by atoms with van der Waals surface area (Å²) in [5.41, 5.74) is 0. The van der Waals surface area contributed by atoms with Gasteiger partial charge < -0.3 is 10.1 Å². The highest BCUT2D eigenvalue weighted by molar-refractivity contribution is 4.60. The minimum Gasteiger partial charge on any atom is -0.378 e. The van der Waals surface area contributed by atoms with Crippen LogP contribution >= 0.6 is 0 Å². The van der Waals surface area contributed by atoms with Crippen molar-refractivity contribution in [2.45, 2.75) is 72.4 Å². The van der Waals surface area contributed by atoms with Crippen molar-refractivity contribution < 1.29 is 4.74 Å². The molecule has 0 aromatic heterocycles. The molecular formula is C14H31NO. The lowest BCUT2D eigenvalue weighted by atomic mass is 10.1. The highest BCUT2D eigenvalue weighted by Crippen LogP contribution is 2.08. The van der Waals surface area contributed by atoms with Gasteiger partial charge in [0, 0.05) is 12.6 Å². The SMILES string of the molecule is CCCNC(C)CCCOC(C)CC(C)C. The molecule has 0 bridgehead atoms. The second-order valence-corrected chi connectivity index (χ2v) is 5.31. The van der Waals surface area contributed by atoms with Crippen LogP contribution in [0.25, 0.3) is 0 Å². The predicted octanol–water partition coefficient (Wildman–Crippen LogP) is 3.61. The zero-order chi connectivity index (χ0) is 12.4. The second kappa shape index (κ2) is 10.1. The van der Waals surface area contributed by atoms with Gasteiger partial charge in [-0.2, -0.15) is 0 Å². The lowest BCUT2D eigenvalue weighted by molar-refractivity contribution is 0.0487. The molecule has 2 nitrogen and oxygen atoms in total. The van der Waals surface area contributed by atoms with Crippen molar-refractivity contribution in [2.24, 2.45) is 5.92 Å². The van der Waals surface area contributed by atoms with Gasteiger partial charge in [-0.3, -0.25) is 0 Å². The van der Waals surface area contributed by atoms with Gasteiger partial charge in [0.25, 0.3) is 0 Å². The van der Waals surface area contributed by atoms with E-state index in [2.05, 4.69) is 39.9 Å². The van der Waals surface area contributed by atoms with Gasteiger partial charge in [-0.25, -0.2) is 0 Å². The molecule has 2 heteroatoms. The van der Waals surface area contributed by atoms with Crippen molar-refractivity contribution in [3.8, 4) is 0 Å². The molecule has 0 aromatic carbocycles. The topological polar surface area (TPSA) is 21.3 Å². The Balaban J connectivity index is 3.31. The van der Waals surface area contributed by atoms with Gasteiger partial charge in [0.05, 0.1) is 6.10 Å². The largest absolute Gasteiger partial charge is 0.378 e. The van der Waals surface area contributed by atoms with Crippen LogP contribution in [0.4, 0.5) is 0 Å². The number of nitrogens with one attached hydrogen (secondary N) is 1. The summed E-state index contributed by atoms with van der Waals surface area (Å²) >= 11 is 0. The van der Waals surface area contributed by atoms with Gasteiger partial charge in [0.15, 0.2) is 0 Å². The Morgan fingerprint density at radius 1 is 1.12 bits per heavy atom. The highest BCUT2D eigenvalue weighted by atomic mass is 16.5. The molecule has 0 amide bonds. The zero-order valence-electron chi connectivity index (χ0n) is 11.9. The van der Waals surface area contributed by atoms with Gasteiger partial charge in [-0.15, -0.1) is 0 Å². The van der Waals surface area contributed by atoms with Crippen LogP contribution in [0.1, 0.15) is 60.3 Å². The average molecular weight is 229 g/mol. The molecule has 0 aliphatic carbocycles. The molecule has 98 valence electrons. The molecule has 0 rings (SSSR count). The fraction of sp³-hybridized carbons (Fsp3) is 1.00. The lowest BCUT2D eigenvalue weighted by Crippen LogP contribution is -2.27. The Hall–Kier alpha value is -0.0800. The molecule has 0 saturated heterocycles. The molecule has 1 N–H and O–H groups in total. The first-order valence-electron chi connectivity index (χ1n) is 6.91. The smallest absolute Gasteiger partial charge is 0.0549 e. The first kappa shape index (κ1) is 15.9. The normalized spacial score (nSPS) is 15.4. The van der Waals surface area contributed by atoms with Crippen LogP contribution in [0, 0.1) is 5.92 Å². The quantitative estimate of drug-likeness (QED) is 0.578. The van der Waals surface area contributed by atoms with E-state index in [1.807, 2.05) is 0 Å². The molecule has 0 aliphatic heterocycles. The van der Waals surface area contributed by atoms with Gasteiger partial charge in [-0.05, 0) is 52.0 Å². The molecule has 0 saturated carbocycles. The Morgan fingerprint density at radius 2 is 1.81 bits per heavy atom. The summed E-state index contributed by atoms with van der Waals surface area (Å²) in [7, 11) is 0. The van der Waals surface area contributed by atoms with Crippen molar-refractivity contribution in [3.05, 3.63) is 0 Å². The Kier molecular flexibility index (Phi) is 10.0. The van der Waals surface area contributed by atoms with Crippen molar-refractivity contribution in [3.63, 3.8) is 0 Å². The molecule has 2 atom stereocenters. The summed E-state index contributed by atoms with van der Waals surface area (Å²) in [6.45, 7) is 13.2. The molecule has 0 heterocycles. The first-order valence-corrected chi connectivity index (χ1v) is 6.91. The number of rotatable bonds is 10. The van der Waals surface area contributed by atoms with E-state index in [1.54, 1.807) is 0 Å². The van der Waals surface area contributed by atoms with E-state index in [1.165, 1.54) is 25.7 Å². The fourth-order valence-electron chi connectivity index (χ4n) is 1.90. The van der Waals surface area contributed by atoms with E-state index in [4.69, 9.17) is 4.74 Å². The maximum Gasteiger partial charge on any atom is 0.0549 e. The monoisotopic (exact) mass is 229 g/mol. The van der Waals surface area contributed by atoms with Gasteiger partial charge in [-0.1, -0.05) is 20.8 Å². The van der Waals surface area contributed by atoms with E-state index >= 15 is 0 Å². The van der Waals surface area contributed by atoms with Gasteiger partial charge in [0.1, 0.15) is 0 Å². The molecule has 0 aliphatic rings. The Bertz CT molecular complexity index is 148. The van der Waals surface area contributed by atoms with Crippen molar-refractivity contribution in [1.29, 1.82) is 0 Å². The van der Waals surface area contributed by atoms with Crippen LogP contribution in [0.2, 0.25) is 0 Å². The van der Waals surface area contributed by atoms with Crippen LogP contribution in [0.3, 0.4) is 0 Å². The average Bonchev–Trinajstić information content (AvgIpc) is 2.20. The third-order valence-electron chi connectivity index (χ3n) is 2.73. The standard InChI is InChI=1S/C14H31NO/c1-6-9-15-13(4)8-7-10-16-14(5)11-12(2)3/h12-15H,6-11H2,1-5H3. The number of hydrogen-bond donors (Lipinski definition) is 1. The maximum atomic E-state index is 5.78. The van der Waals surface area contributed by atoms with E-state index in [9.17, 15) is 0 Å². The fourth-order valence-corrected chi connectivity index (χ4v) is 1.90. The van der Waals surface area contributed by atoms with Crippen LogP contribution in [-0.4, -0.2) is 25.3 Å². The molecule has 0 aromatic rings. The van der Waals surface area contributed by atoms with Crippen LogP contribution in [-0.2, 0) is 4.74 Å². The summed E-state index contributed by atoms with van der Waals surface area (Å²) < 4.78 is 5.78. The minimum absolute atomic E-state index is 0.416. The lowest BCUT2D eigenvalue weighted by Gasteiger charge is -2.16. The Labute approximate surface area is 102 Å². The summed E-state index contributed by atoms with van der Waals surface area (Å²) in [5, 5.41) is 3.50. The number of ether oxygens (including phenoxy) is 1. The zero-order valence-corrected chi connectivity index (χ0v) is 11.9. The van der Waals surface area contributed by atoms with Gasteiger partial charge >= 0.3 is 0 Å². The first-order chi connectivity index (χ1) is 7.56. The molecular weight excluding hydrogens is 198 g/mol. The van der Waals surface area contributed by atoms with Crippen LogP contribution < -0.4 is 5.32 Å². The predicted molar refractivity (Wildman–Crippen MR) is 71.9 cm³/mol. The van der Waals surface area contributed by atoms with Gasteiger partial charge in [0.2, 0.25) is 0 Å². The van der Waals surface area contributed by atoms with Crippen LogP contribution in [0.5, 0.6) is 0 Å². The molecule has 0 fully saturated rings. The number of hydrogen-bond acceptors (Lipinski definition) is 2. The highest BCUT2D eigenvalue weighted by Gasteiger charge is 2.05. The summed E-state index contributed by atoms with van der Waals surface area (Å²) in [6, 6.07) is 0.629. The van der Waals surface area contributed by atoms with E-state index in [-0.39, 0.29) is 0 Å². The third kappa shape index (κ3) is 10.4.